The van der Waals surface area contributed by atoms with Crippen molar-refractivity contribution in [2.45, 2.75) is 111 Å². The minimum Gasteiger partial charge on any atom is -0.393 e. The van der Waals surface area contributed by atoms with Crippen molar-refractivity contribution >= 4 is 0 Å². The summed E-state index contributed by atoms with van der Waals surface area (Å²) in [6.07, 6.45) is 13.9. The summed E-state index contributed by atoms with van der Waals surface area (Å²) in [6, 6.07) is 0. The van der Waals surface area contributed by atoms with Gasteiger partial charge < -0.3 is 10.2 Å². The molecule has 0 spiro atoms. The molecule has 29 heavy (non-hydrogen) atoms. The number of hydrogen-bond donors (Lipinski definition) is 2. The van der Waals surface area contributed by atoms with Crippen molar-refractivity contribution in [3.63, 3.8) is 0 Å². The van der Waals surface area contributed by atoms with Crippen molar-refractivity contribution in [3.05, 3.63) is 11.6 Å². The van der Waals surface area contributed by atoms with Crippen LogP contribution >= 0.6 is 0 Å². The van der Waals surface area contributed by atoms with Gasteiger partial charge in [0.2, 0.25) is 0 Å². The van der Waals surface area contributed by atoms with Crippen molar-refractivity contribution < 1.29 is 10.2 Å². The van der Waals surface area contributed by atoms with Gasteiger partial charge in [0.1, 0.15) is 0 Å². The maximum absolute atomic E-state index is 11.3. The van der Waals surface area contributed by atoms with E-state index in [2.05, 4.69) is 40.7 Å². The van der Waals surface area contributed by atoms with Crippen LogP contribution in [0.2, 0.25) is 0 Å². The lowest BCUT2D eigenvalue weighted by Crippen LogP contribution is -2.54. The lowest BCUT2D eigenvalue weighted by atomic mass is 9.46. The van der Waals surface area contributed by atoms with Crippen molar-refractivity contribution in [2.24, 2.45) is 46.3 Å². The molecular weight excluding hydrogens is 356 g/mol. The standard InChI is InChI=1S/C27H46O2/c1-17(2)7-6-8-18(3)21-9-10-22-25-23(12-14-27(21,22)5)26(4)13-11-20(28)15-19(26)16-24(25)29/h16-18,20-25,28-29H,6-15H2,1-5H3/t18-,20?,21-,22+,23+,24-,25+,26+,27-/m1/s1. The molecule has 0 bridgehead atoms. The lowest BCUT2D eigenvalue weighted by Gasteiger charge is -2.59. The van der Waals surface area contributed by atoms with Crippen LogP contribution in [0.5, 0.6) is 0 Å². The Morgan fingerprint density at radius 1 is 0.966 bits per heavy atom. The van der Waals surface area contributed by atoms with Gasteiger partial charge in [-0.3, -0.25) is 0 Å². The minimum absolute atomic E-state index is 0.200. The molecule has 3 saturated carbocycles. The Bertz CT molecular complexity index is 624. The van der Waals surface area contributed by atoms with Gasteiger partial charge in [0.15, 0.2) is 0 Å². The second kappa shape index (κ2) is 7.97. The van der Waals surface area contributed by atoms with Crippen LogP contribution in [0.4, 0.5) is 0 Å². The topological polar surface area (TPSA) is 40.5 Å². The smallest absolute Gasteiger partial charge is 0.0757 e. The number of rotatable bonds is 5. The zero-order chi connectivity index (χ0) is 21.0. The van der Waals surface area contributed by atoms with Crippen LogP contribution < -0.4 is 0 Å². The normalized spacial score (nSPS) is 47.9. The highest BCUT2D eigenvalue weighted by Crippen LogP contribution is 2.67. The molecule has 0 aromatic rings. The highest BCUT2D eigenvalue weighted by atomic mass is 16.3. The molecule has 0 aliphatic heterocycles. The molecule has 0 aromatic heterocycles. The van der Waals surface area contributed by atoms with Crippen molar-refractivity contribution in [1.29, 1.82) is 0 Å². The van der Waals surface area contributed by atoms with Crippen LogP contribution in [0.15, 0.2) is 11.6 Å². The predicted molar refractivity (Wildman–Crippen MR) is 120 cm³/mol. The van der Waals surface area contributed by atoms with Gasteiger partial charge in [-0.25, -0.2) is 0 Å². The molecule has 0 amide bonds. The molecule has 4 aliphatic rings. The van der Waals surface area contributed by atoms with Crippen LogP contribution in [0, 0.1) is 46.3 Å². The first kappa shape index (κ1) is 21.9. The SMILES string of the molecule is CC(C)CCC[C@@H](C)[C@H]1CC[C@H]2[C@@H]3[C@H](O)C=C4CC(O)CC[C@]4(C)[C@H]3CC[C@]12C. The van der Waals surface area contributed by atoms with Crippen molar-refractivity contribution in [3.8, 4) is 0 Å². The zero-order valence-corrected chi connectivity index (χ0v) is 19.7. The Morgan fingerprint density at radius 2 is 1.72 bits per heavy atom. The van der Waals surface area contributed by atoms with Gasteiger partial charge >= 0.3 is 0 Å². The summed E-state index contributed by atoms with van der Waals surface area (Å²) in [7, 11) is 0. The van der Waals surface area contributed by atoms with E-state index in [-0.39, 0.29) is 17.6 Å². The molecule has 0 saturated heterocycles. The fourth-order valence-corrected chi connectivity index (χ4v) is 8.65. The van der Waals surface area contributed by atoms with E-state index in [1.54, 1.807) is 0 Å². The summed E-state index contributed by atoms with van der Waals surface area (Å²) in [5, 5.41) is 21.5. The van der Waals surface area contributed by atoms with E-state index in [1.165, 1.54) is 50.5 Å². The van der Waals surface area contributed by atoms with E-state index in [0.717, 1.165) is 37.0 Å². The average Bonchev–Trinajstić information content (AvgIpc) is 3.00. The molecule has 166 valence electrons. The molecule has 4 rings (SSSR count). The van der Waals surface area contributed by atoms with Crippen LogP contribution in [0.1, 0.15) is 98.8 Å². The summed E-state index contributed by atoms with van der Waals surface area (Å²) >= 11 is 0. The largest absolute Gasteiger partial charge is 0.393 e. The van der Waals surface area contributed by atoms with Crippen molar-refractivity contribution in [1.82, 2.24) is 0 Å². The first-order chi connectivity index (χ1) is 13.7. The zero-order valence-electron chi connectivity index (χ0n) is 19.7. The van der Waals surface area contributed by atoms with Crippen LogP contribution in [0.25, 0.3) is 0 Å². The number of aliphatic hydroxyl groups is 2. The molecule has 0 heterocycles. The molecular formula is C27H46O2. The van der Waals surface area contributed by atoms with Crippen LogP contribution in [0.3, 0.4) is 0 Å². The quantitative estimate of drug-likeness (QED) is 0.525. The molecule has 9 atom stereocenters. The lowest BCUT2D eigenvalue weighted by molar-refractivity contribution is -0.0970. The summed E-state index contributed by atoms with van der Waals surface area (Å²) in [4.78, 5) is 0. The third-order valence-electron chi connectivity index (χ3n) is 10.3. The van der Waals surface area contributed by atoms with E-state index >= 15 is 0 Å². The maximum atomic E-state index is 11.3. The van der Waals surface area contributed by atoms with E-state index < -0.39 is 0 Å². The maximum Gasteiger partial charge on any atom is 0.0757 e. The molecule has 0 aromatic carbocycles. The highest BCUT2D eigenvalue weighted by Gasteiger charge is 2.61. The van der Waals surface area contributed by atoms with Gasteiger partial charge in [0, 0.05) is 0 Å². The molecule has 2 nitrogen and oxygen atoms in total. The Balaban J connectivity index is 1.54. The highest BCUT2D eigenvalue weighted by molar-refractivity contribution is 5.27. The predicted octanol–water partition coefficient (Wildman–Crippen LogP) is 6.36. The Labute approximate surface area is 179 Å². The molecule has 4 aliphatic carbocycles. The Hall–Kier alpha value is -0.340. The molecule has 2 N–H and O–H groups in total. The monoisotopic (exact) mass is 402 g/mol. The summed E-state index contributed by atoms with van der Waals surface area (Å²) in [6.45, 7) is 12.2. The molecule has 3 fully saturated rings. The first-order valence-corrected chi connectivity index (χ1v) is 12.7. The molecule has 1 unspecified atom stereocenters. The first-order valence-electron chi connectivity index (χ1n) is 12.7. The fourth-order valence-electron chi connectivity index (χ4n) is 8.65. The van der Waals surface area contributed by atoms with Gasteiger partial charge in [-0.1, -0.05) is 65.5 Å². The van der Waals surface area contributed by atoms with Gasteiger partial charge in [-0.2, -0.15) is 0 Å². The average molecular weight is 403 g/mol. The van der Waals surface area contributed by atoms with Crippen molar-refractivity contribution in [2.75, 3.05) is 0 Å². The molecule has 0 radical (unpaired) electrons. The third kappa shape index (κ3) is 3.65. The van der Waals surface area contributed by atoms with Gasteiger partial charge in [-0.05, 0) is 91.3 Å². The van der Waals surface area contributed by atoms with Gasteiger partial charge in [-0.15, -0.1) is 0 Å². The van der Waals surface area contributed by atoms with Gasteiger partial charge in [0.25, 0.3) is 0 Å². The van der Waals surface area contributed by atoms with E-state index in [0.29, 0.717) is 23.2 Å². The number of hydrogen-bond acceptors (Lipinski definition) is 2. The summed E-state index contributed by atoms with van der Waals surface area (Å²) in [5.41, 5.74) is 1.99. The van der Waals surface area contributed by atoms with E-state index in [1.807, 2.05) is 0 Å². The third-order valence-corrected chi connectivity index (χ3v) is 10.3. The number of aliphatic hydroxyl groups excluding tert-OH is 2. The van der Waals surface area contributed by atoms with E-state index in [9.17, 15) is 10.2 Å². The Morgan fingerprint density at radius 3 is 2.45 bits per heavy atom. The fraction of sp³-hybridized carbons (Fsp3) is 0.926. The second-order valence-electron chi connectivity index (χ2n) is 12.3. The van der Waals surface area contributed by atoms with Crippen LogP contribution in [-0.4, -0.2) is 22.4 Å². The summed E-state index contributed by atoms with van der Waals surface area (Å²) in [5.74, 6) is 4.18. The van der Waals surface area contributed by atoms with E-state index in [4.69, 9.17) is 0 Å². The summed E-state index contributed by atoms with van der Waals surface area (Å²) < 4.78 is 0. The number of fused-ring (bicyclic) bond motifs is 5. The minimum atomic E-state index is -0.298. The Kier molecular flexibility index (Phi) is 6.01. The van der Waals surface area contributed by atoms with Crippen LogP contribution in [-0.2, 0) is 0 Å². The second-order valence-corrected chi connectivity index (χ2v) is 12.3. The molecule has 2 heteroatoms. The van der Waals surface area contributed by atoms with Gasteiger partial charge in [0.05, 0.1) is 12.2 Å².